The van der Waals surface area contributed by atoms with E-state index in [1.165, 1.54) is 0 Å². The molecule has 0 radical (unpaired) electrons. The van der Waals surface area contributed by atoms with E-state index in [9.17, 15) is 9.90 Å². The van der Waals surface area contributed by atoms with E-state index in [2.05, 4.69) is 4.90 Å². The molecule has 0 aromatic heterocycles. The number of carbonyl (C=O) groups excluding carboxylic acids is 1. The average molecular weight is 217 g/mol. The number of nitrogens with zero attached hydrogens (tertiary/aromatic N) is 1. The Morgan fingerprint density at radius 1 is 1.12 bits per heavy atom. The molecule has 1 aromatic carbocycles. The highest BCUT2D eigenvalue weighted by Gasteiger charge is 2.28. The van der Waals surface area contributed by atoms with Crippen LogP contribution in [0.15, 0.2) is 12.1 Å². The molecule has 16 heavy (non-hydrogen) atoms. The van der Waals surface area contributed by atoms with E-state index < -0.39 is 0 Å². The van der Waals surface area contributed by atoms with Gasteiger partial charge in [-0.25, -0.2) is 0 Å². The van der Waals surface area contributed by atoms with Crippen LogP contribution in [0.1, 0.15) is 35.2 Å². The molecule has 2 heterocycles. The van der Waals surface area contributed by atoms with Gasteiger partial charge in [0, 0.05) is 30.6 Å². The zero-order chi connectivity index (χ0) is 11.1. The van der Waals surface area contributed by atoms with Crippen LogP contribution in [0.2, 0.25) is 0 Å². The molecule has 0 bridgehead atoms. The minimum Gasteiger partial charge on any atom is -0.508 e. The summed E-state index contributed by atoms with van der Waals surface area (Å²) in [6, 6.07) is 3.44. The van der Waals surface area contributed by atoms with Crippen molar-refractivity contribution < 1.29 is 9.90 Å². The van der Waals surface area contributed by atoms with Gasteiger partial charge in [0.15, 0.2) is 5.78 Å². The van der Waals surface area contributed by atoms with Gasteiger partial charge in [-0.3, -0.25) is 4.79 Å². The molecule has 0 fully saturated rings. The molecule has 84 valence electrons. The van der Waals surface area contributed by atoms with E-state index in [0.717, 1.165) is 49.2 Å². The highest BCUT2D eigenvalue weighted by molar-refractivity contribution is 6.04. The van der Waals surface area contributed by atoms with Gasteiger partial charge in [-0.1, -0.05) is 0 Å². The molecule has 2 aliphatic rings. The molecule has 1 N–H and O–H groups in total. The molecular formula is C13H15NO2. The Kier molecular flexibility index (Phi) is 2.13. The van der Waals surface area contributed by atoms with Crippen LogP contribution in [0.3, 0.4) is 0 Å². The smallest absolute Gasteiger partial charge is 0.166 e. The predicted molar refractivity (Wildman–Crippen MR) is 62.2 cm³/mol. The fourth-order valence-electron chi connectivity index (χ4n) is 2.77. The van der Waals surface area contributed by atoms with E-state index in [1.807, 2.05) is 0 Å². The molecular weight excluding hydrogens is 202 g/mol. The predicted octanol–water partition coefficient (Wildman–Crippen LogP) is 2.12. The Labute approximate surface area is 94.7 Å². The van der Waals surface area contributed by atoms with Crippen molar-refractivity contribution in [1.29, 1.82) is 0 Å². The lowest BCUT2D eigenvalue weighted by Gasteiger charge is -2.31. The number of rotatable bonds is 0. The van der Waals surface area contributed by atoms with Gasteiger partial charge < -0.3 is 10.0 Å². The highest BCUT2D eigenvalue weighted by atomic mass is 16.3. The second-order valence-corrected chi connectivity index (χ2v) is 4.58. The number of Topliss-reactive ketones (excluding diaryl/α,β-unsaturated/α-hetero) is 1. The van der Waals surface area contributed by atoms with Crippen LogP contribution in [-0.4, -0.2) is 24.0 Å². The van der Waals surface area contributed by atoms with E-state index in [0.29, 0.717) is 12.2 Å². The van der Waals surface area contributed by atoms with Crippen LogP contribution in [0.5, 0.6) is 5.75 Å². The van der Waals surface area contributed by atoms with Gasteiger partial charge in [-0.2, -0.15) is 0 Å². The Balaban J connectivity index is 2.24. The lowest BCUT2D eigenvalue weighted by molar-refractivity contribution is 0.0980. The number of benzene rings is 1. The zero-order valence-corrected chi connectivity index (χ0v) is 9.20. The van der Waals surface area contributed by atoms with Crippen LogP contribution in [0.4, 0.5) is 5.69 Å². The average Bonchev–Trinajstić information content (AvgIpc) is 2.50. The molecule has 3 nitrogen and oxygen atoms in total. The topological polar surface area (TPSA) is 40.5 Å². The van der Waals surface area contributed by atoms with Crippen molar-refractivity contribution in [3.63, 3.8) is 0 Å². The number of hydrogen-bond acceptors (Lipinski definition) is 3. The maximum absolute atomic E-state index is 11.8. The third-order valence-corrected chi connectivity index (χ3v) is 3.59. The Hall–Kier alpha value is -1.51. The summed E-state index contributed by atoms with van der Waals surface area (Å²) < 4.78 is 0. The number of hydrogen-bond donors (Lipinski definition) is 1. The second-order valence-electron chi connectivity index (χ2n) is 4.58. The first-order valence-corrected chi connectivity index (χ1v) is 5.90. The number of anilines is 1. The highest BCUT2D eigenvalue weighted by Crippen LogP contribution is 2.38. The van der Waals surface area contributed by atoms with Gasteiger partial charge in [0.25, 0.3) is 0 Å². The van der Waals surface area contributed by atoms with Crippen LogP contribution < -0.4 is 4.90 Å². The van der Waals surface area contributed by atoms with Crippen LogP contribution in [0.25, 0.3) is 0 Å². The number of aromatic hydroxyl groups is 1. The minimum absolute atomic E-state index is 0.217. The Bertz CT molecular complexity index is 453. The van der Waals surface area contributed by atoms with Gasteiger partial charge in [-0.15, -0.1) is 0 Å². The van der Waals surface area contributed by atoms with Crippen molar-refractivity contribution in [3.8, 4) is 5.75 Å². The fraction of sp³-hybridized carbons (Fsp3) is 0.462. The summed E-state index contributed by atoms with van der Waals surface area (Å²) in [6.45, 7) is 1.82. The minimum atomic E-state index is 0.217. The maximum Gasteiger partial charge on any atom is 0.166 e. The quantitative estimate of drug-likeness (QED) is 0.723. The molecule has 3 rings (SSSR count). The van der Waals surface area contributed by atoms with Crippen LogP contribution >= 0.6 is 0 Å². The third-order valence-electron chi connectivity index (χ3n) is 3.59. The Morgan fingerprint density at radius 3 is 2.88 bits per heavy atom. The van der Waals surface area contributed by atoms with Crippen LogP contribution in [0, 0.1) is 0 Å². The summed E-state index contributed by atoms with van der Waals surface area (Å²) in [5, 5.41) is 9.89. The third kappa shape index (κ3) is 1.31. The Morgan fingerprint density at radius 2 is 2.00 bits per heavy atom. The molecule has 1 aromatic rings. The molecule has 0 aliphatic carbocycles. The lowest BCUT2D eigenvalue weighted by Crippen LogP contribution is -2.32. The summed E-state index contributed by atoms with van der Waals surface area (Å²) in [6.07, 6.45) is 3.73. The molecule has 0 saturated carbocycles. The molecule has 2 aliphatic heterocycles. The van der Waals surface area contributed by atoms with Crippen molar-refractivity contribution in [2.45, 2.75) is 25.7 Å². The van der Waals surface area contributed by atoms with Gasteiger partial charge in [0.05, 0.1) is 5.69 Å². The van der Waals surface area contributed by atoms with Crippen molar-refractivity contribution in [2.24, 2.45) is 0 Å². The zero-order valence-electron chi connectivity index (χ0n) is 9.20. The molecule has 0 amide bonds. The first kappa shape index (κ1) is 9.70. The monoisotopic (exact) mass is 217 g/mol. The van der Waals surface area contributed by atoms with Gasteiger partial charge in [0.2, 0.25) is 0 Å². The molecule has 0 saturated heterocycles. The first-order valence-electron chi connectivity index (χ1n) is 5.90. The molecule has 0 atom stereocenters. The summed E-state index contributed by atoms with van der Waals surface area (Å²) >= 11 is 0. The first-order chi connectivity index (χ1) is 7.77. The molecule has 0 unspecified atom stereocenters. The second kappa shape index (κ2) is 3.51. The summed E-state index contributed by atoms with van der Waals surface area (Å²) in [7, 11) is 0. The van der Waals surface area contributed by atoms with Gasteiger partial charge in [0.1, 0.15) is 5.75 Å². The number of ketones is 1. The normalized spacial score (nSPS) is 19.2. The summed E-state index contributed by atoms with van der Waals surface area (Å²) in [4.78, 5) is 14.1. The van der Waals surface area contributed by atoms with E-state index in [1.54, 1.807) is 12.1 Å². The van der Waals surface area contributed by atoms with E-state index >= 15 is 0 Å². The lowest BCUT2D eigenvalue weighted by atomic mass is 9.95. The molecule has 0 spiro atoms. The standard InChI is InChI=1S/C13H15NO2/c15-11-5-4-10-12(16)6-8-14-7-2-1-3-9(11)13(10)14/h4-5,15H,1-3,6-8H2. The van der Waals surface area contributed by atoms with Crippen molar-refractivity contribution in [2.75, 3.05) is 18.0 Å². The largest absolute Gasteiger partial charge is 0.508 e. The van der Waals surface area contributed by atoms with Gasteiger partial charge >= 0.3 is 0 Å². The summed E-state index contributed by atoms with van der Waals surface area (Å²) in [5.74, 6) is 0.565. The summed E-state index contributed by atoms with van der Waals surface area (Å²) in [5.41, 5.74) is 2.79. The SMILES string of the molecule is O=C1CCN2CCCCc3c(O)ccc1c32. The van der Waals surface area contributed by atoms with Crippen molar-refractivity contribution >= 4 is 11.5 Å². The van der Waals surface area contributed by atoms with Crippen molar-refractivity contribution in [3.05, 3.63) is 23.3 Å². The number of carbonyl (C=O) groups is 1. The number of phenols is 1. The molecule has 3 heteroatoms. The van der Waals surface area contributed by atoms with Gasteiger partial charge in [-0.05, 0) is 31.4 Å². The van der Waals surface area contributed by atoms with E-state index in [-0.39, 0.29) is 5.78 Å². The maximum atomic E-state index is 11.8. The number of phenolic OH excluding ortho intramolecular Hbond substituents is 1. The van der Waals surface area contributed by atoms with Crippen molar-refractivity contribution in [1.82, 2.24) is 0 Å². The van der Waals surface area contributed by atoms with E-state index in [4.69, 9.17) is 0 Å². The van der Waals surface area contributed by atoms with Crippen LogP contribution in [-0.2, 0) is 6.42 Å². The fourth-order valence-corrected chi connectivity index (χ4v) is 2.77.